The number of hydrogen-bond acceptors (Lipinski definition) is 5. The number of rotatable bonds is 3. The summed E-state index contributed by atoms with van der Waals surface area (Å²) in [6.07, 6.45) is 6.49. The number of carbonyl (C=O) groups excluding carboxylic acids is 2. The number of anilines is 1. The number of imide groups is 1. The van der Waals surface area contributed by atoms with Crippen LogP contribution in [0.15, 0.2) is 33.8 Å². The molecular formula is C16H17N3O3. The Labute approximate surface area is 128 Å². The van der Waals surface area contributed by atoms with E-state index in [2.05, 4.69) is 17.3 Å². The lowest BCUT2D eigenvalue weighted by molar-refractivity contribution is -0.140. The van der Waals surface area contributed by atoms with Crippen LogP contribution in [0, 0.1) is 23.7 Å². The third kappa shape index (κ3) is 1.76. The van der Waals surface area contributed by atoms with Gasteiger partial charge in [0.2, 0.25) is 0 Å². The Morgan fingerprint density at radius 1 is 1.18 bits per heavy atom. The summed E-state index contributed by atoms with van der Waals surface area (Å²) < 4.78 is 5.54. The molecule has 0 unspecified atom stereocenters. The molecule has 4 rings (SSSR count). The molecule has 114 valence electrons. The van der Waals surface area contributed by atoms with Crippen LogP contribution in [0.5, 0.6) is 0 Å². The average molecular weight is 299 g/mol. The van der Waals surface area contributed by atoms with Crippen molar-refractivity contribution in [3.8, 4) is 0 Å². The van der Waals surface area contributed by atoms with Gasteiger partial charge in [-0.2, -0.15) is 10.1 Å². The minimum Gasteiger partial charge on any atom is -0.440 e. The Morgan fingerprint density at radius 3 is 2.36 bits per heavy atom. The summed E-state index contributed by atoms with van der Waals surface area (Å²) in [6, 6.07) is 3.57. The number of fused-ring (bicyclic) bond motifs is 5. The van der Waals surface area contributed by atoms with E-state index in [1.54, 1.807) is 6.07 Å². The number of hydrogen-bond donors (Lipinski definition) is 0. The molecule has 2 fully saturated rings. The molecule has 2 aliphatic carbocycles. The van der Waals surface area contributed by atoms with Gasteiger partial charge in [0.25, 0.3) is 11.8 Å². The summed E-state index contributed by atoms with van der Waals surface area (Å²) in [4.78, 5) is 26.7. The number of nitrogens with zero attached hydrogens (tertiary/aromatic N) is 3. The molecule has 2 heterocycles. The van der Waals surface area contributed by atoms with E-state index in [0.717, 1.165) is 11.4 Å². The minimum absolute atomic E-state index is 0.178. The fourth-order valence-electron chi connectivity index (χ4n) is 3.77. The normalized spacial score (nSPS) is 32.5. The smallest absolute Gasteiger partial charge is 0.254 e. The van der Waals surface area contributed by atoms with Crippen LogP contribution in [0.25, 0.3) is 0 Å². The van der Waals surface area contributed by atoms with Gasteiger partial charge in [-0.05, 0) is 24.3 Å². The van der Waals surface area contributed by atoms with Crippen LogP contribution in [0.4, 0.5) is 5.88 Å². The topological polar surface area (TPSA) is 66.1 Å². The summed E-state index contributed by atoms with van der Waals surface area (Å²) in [6.45, 7) is 0. The maximum atomic E-state index is 12.4. The predicted octanol–water partition coefficient (Wildman–Crippen LogP) is 1.49. The third-order valence-electron chi connectivity index (χ3n) is 4.80. The van der Waals surface area contributed by atoms with Crippen LogP contribution in [0.3, 0.4) is 0 Å². The number of carbonyl (C=O) groups is 2. The van der Waals surface area contributed by atoms with Crippen LogP contribution < -0.4 is 4.90 Å². The van der Waals surface area contributed by atoms with E-state index in [9.17, 15) is 9.59 Å². The highest BCUT2D eigenvalue weighted by Crippen LogP contribution is 2.52. The van der Waals surface area contributed by atoms with Gasteiger partial charge in [0.15, 0.2) is 5.88 Å². The van der Waals surface area contributed by atoms with Gasteiger partial charge >= 0.3 is 0 Å². The molecule has 1 saturated carbocycles. The van der Waals surface area contributed by atoms with Crippen LogP contribution in [0.1, 0.15) is 12.2 Å². The second kappa shape index (κ2) is 4.56. The van der Waals surface area contributed by atoms with Gasteiger partial charge in [-0.3, -0.25) is 9.59 Å². The van der Waals surface area contributed by atoms with Crippen molar-refractivity contribution in [1.82, 2.24) is 5.01 Å². The van der Waals surface area contributed by atoms with E-state index in [1.807, 2.05) is 25.1 Å². The van der Waals surface area contributed by atoms with E-state index < -0.39 is 0 Å². The molecule has 0 spiro atoms. The minimum atomic E-state index is -0.214. The van der Waals surface area contributed by atoms with Crippen molar-refractivity contribution in [3.63, 3.8) is 0 Å². The first-order valence-electron chi connectivity index (χ1n) is 7.43. The molecule has 1 aromatic heterocycles. The second-order valence-electron chi connectivity index (χ2n) is 6.30. The Morgan fingerprint density at radius 2 is 1.82 bits per heavy atom. The Bertz CT molecular complexity index is 673. The Hall–Kier alpha value is -2.37. The maximum Gasteiger partial charge on any atom is 0.254 e. The van der Waals surface area contributed by atoms with Gasteiger partial charge in [-0.25, -0.2) is 0 Å². The van der Waals surface area contributed by atoms with Crippen molar-refractivity contribution in [1.29, 1.82) is 0 Å². The number of furan rings is 1. The van der Waals surface area contributed by atoms with Gasteiger partial charge in [0.1, 0.15) is 5.76 Å². The fourth-order valence-corrected chi connectivity index (χ4v) is 3.77. The first-order valence-corrected chi connectivity index (χ1v) is 7.43. The summed E-state index contributed by atoms with van der Waals surface area (Å²) in [5, 5.41) is 5.10. The molecule has 2 amide bonds. The highest BCUT2D eigenvalue weighted by atomic mass is 16.4. The highest BCUT2D eigenvalue weighted by Gasteiger charge is 2.59. The van der Waals surface area contributed by atoms with Crippen molar-refractivity contribution in [2.45, 2.75) is 6.42 Å². The monoisotopic (exact) mass is 299 g/mol. The molecule has 22 heavy (non-hydrogen) atoms. The van der Waals surface area contributed by atoms with Crippen LogP contribution in [0.2, 0.25) is 0 Å². The molecule has 1 aliphatic heterocycles. The van der Waals surface area contributed by atoms with Crippen LogP contribution in [-0.2, 0) is 9.59 Å². The van der Waals surface area contributed by atoms with Crippen molar-refractivity contribution in [2.24, 2.45) is 28.8 Å². The zero-order valence-corrected chi connectivity index (χ0v) is 12.5. The van der Waals surface area contributed by atoms with E-state index in [-0.39, 0.29) is 35.5 Å². The molecule has 6 heteroatoms. The summed E-state index contributed by atoms with van der Waals surface area (Å²) >= 11 is 0. The van der Waals surface area contributed by atoms with E-state index in [0.29, 0.717) is 11.6 Å². The van der Waals surface area contributed by atoms with Gasteiger partial charge < -0.3 is 9.32 Å². The SMILES string of the molecule is CN(C)c1ccc(/C=N\N2C(=O)[C@@H]3[C@H](C2=O)[C@H]2C=C[C@@H]3C2)o1. The van der Waals surface area contributed by atoms with Crippen molar-refractivity contribution >= 4 is 23.9 Å². The first kappa shape index (κ1) is 13.3. The van der Waals surface area contributed by atoms with E-state index >= 15 is 0 Å². The molecule has 0 N–H and O–H groups in total. The molecule has 1 saturated heterocycles. The van der Waals surface area contributed by atoms with Gasteiger partial charge in [0.05, 0.1) is 18.1 Å². The quantitative estimate of drug-likeness (QED) is 0.482. The summed E-state index contributed by atoms with van der Waals surface area (Å²) in [5.74, 6) is 0.834. The van der Waals surface area contributed by atoms with Crippen LogP contribution in [-0.4, -0.2) is 37.1 Å². The molecule has 3 aliphatic rings. The van der Waals surface area contributed by atoms with Gasteiger partial charge in [0, 0.05) is 20.2 Å². The van der Waals surface area contributed by atoms with E-state index in [4.69, 9.17) is 4.42 Å². The molecule has 6 nitrogen and oxygen atoms in total. The van der Waals surface area contributed by atoms with Crippen molar-refractivity contribution in [2.75, 3.05) is 19.0 Å². The zero-order chi connectivity index (χ0) is 15.4. The third-order valence-corrected chi connectivity index (χ3v) is 4.80. The lowest BCUT2D eigenvalue weighted by Crippen LogP contribution is -2.28. The molecule has 0 aromatic carbocycles. The lowest BCUT2D eigenvalue weighted by Gasteiger charge is -2.13. The zero-order valence-electron chi connectivity index (χ0n) is 12.5. The molecular weight excluding hydrogens is 282 g/mol. The number of hydrazone groups is 1. The Balaban J connectivity index is 1.55. The Kier molecular flexibility index (Phi) is 2.76. The summed E-state index contributed by atoms with van der Waals surface area (Å²) in [7, 11) is 3.74. The largest absolute Gasteiger partial charge is 0.440 e. The van der Waals surface area contributed by atoms with Gasteiger partial charge in [-0.15, -0.1) is 0 Å². The maximum absolute atomic E-state index is 12.4. The molecule has 2 bridgehead atoms. The van der Waals surface area contributed by atoms with Gasteiger partial charge in [-0.1, -0.05) is 12.2 Å². The molecule has 0 radical (unpaired) electrons. The highest BCUT2D eigenvalue weighted by molar-refractivity contribution is 6.06. The summed E-state index contributed by atoms with van der Waals surface area (Å²) in [5.41, 5.74) is 0. The average Bonchev–Trinajstić information content (AvgIpc) is 3.23. The molecule has 4 atom stereocenters. The standard InChI is InChI=1S/C16H17N3O3/c1-18(2)12-6-5-11(22-12)8-17-19-15(20)13-9-3-4-10(7-9)14(13)16(19)21/h3-6,8-10,13-14H,7H2,1-2H3/b17-8-/t9-,10+,13+,14-. The van der Waals surface area contributed by atoms with E-state index in [1.165, 1.54) is 6.21 Å². The predicted molar refractivity (Wildman–Crippen MR) is 80.2 cm³/mol. The van der Waals surface area contributed by atoms with Crippen molar-refractivity contribution in [3.05, 3.63) is 30.0 Å². The number of amides is 2. The molecule has 1 aromatic rings. The number of allylic oxidation sites excluding steroid dienone is 2. The van der Waals surface area contributed by atoms with Crippen LogP contribution >= 0.6 is 0 Å². The fraction of sp³-hybridized carbons (Fsp3) is 0.438. The van der Waals surface area contributed by atoms with Crippen molar-refractivity contribution < 1.29 is 14.0 Å². The second-order valence-corrected chi connectivity index (χ2v) is 6.30. The first-order chi connectivity index (χ1) is 10.6. The lowest BCUT2D eigenvalue weighted by atomic mass is 9.85.